The normalized spacial score (nSPS) is 12.6. The summed E-state index contributed by atoms with van der Waals surface area (Å²) in [4.78, 5) is 0. The molecule has 146 valence electrons. The van der Waals surface area contributed by atoms with Crippen molar-refractivity contribution >= 4 is 0 Å². The Morgan fingerprint density at radius 1 is 0.458 bits per heavy atom. The van der Waals surface area contributed by atoms with Gasteiger partial charge in [-0.1, -0.05) is 123 Å². The van der Waals surface area contributed by atoms with Crippen LogP contribution in [0.25, 0.3) is 0 Å². The Morgan fingerprint density at radius 3 is 1.12 bits per heavy atom. The van der Waals surface area contributed by atoms with Crippen molar-refractivity contribution in [2.45, 2.75) is 142 Å². The van der Waals surface area contributed by atoms with Crippen LogP contribution in [-0.2, 0) is 0 Å². The molecule has 0 bridgehead atoms. The fourth-order valence-corrected chi connectivity index (χ4v) is 3.66. The first-order valence-corrected chi connectivity index (χ1v) is 11.5. The van der Waals surface area contributed by atoms with Gasteiger partial charge in [-0.05, 0) is 19.9 Å². The van der Waals surface area contributed by atoms with Crippen LogP contribution < -0.4 is 5.32 Å². The molecule has 0 saturated heterocycles. The molecule has 0 aliphatic rings. The summed E-state index contributed by atoms with van der Waals surface area (Å²) < 4.78 is 0. The highest BCUT2D eigenvalue weighted by atomic mass is 14.9. The van der Waals surface area contributed by atoms with E-state index in [0.29, 0.717) is 0 Å². The fourth-order valence-electron chi connectivity index (χ4n) is 3.66. The van der Waals surface area contributed by atoms with E-state index in [0.717, 1.165) is 6.04 Å². The molecule has 1 heteroatoms. The van der Waals surface area contributed by atoms with Gasteiger partial charge in [0.15, 0.2) is 0 Å². The quantitative estimate of drug-likeness (QED) is 0.221. The van der Waals surface area contributed by atoms with Gasteiger partial charge in [-0.3, -0.25) is 0 Å². The van der Waals surface area contributed by atoms with Gasteiger partial charge in [-0.15, -0.1) is 0 Å². The third-order valence-corrected chi connectivity index (χ3v) is 5.47. The number of hydrogen-bond donors (Lipinski definition) is 1. The maximum atomic E-state index is 3.51. The molecule has 0 fully saturated rings. The van der Waals surface area contributed by atoms with Gasteiger partial charge in [0.2, 0.25) is 0 Å². The van der Waals surface area contributed by atoms with Crippen LogP contribution in [0, 0.1) is 0 Å². The van der Waals surface area contributed by atoms with Crippen molar-refractivity contribution in [1.82, 2.24) is 5.32 Å². The van der Waals surface area contributed by atoms with Gasteiger partial charge >= 0.3 is 0 Å². The molecule has 0 rings (SSSR count). The maximum Gasteiger partial charge on any atom is 0.00640 e. The molecule has 1 nitrogen and oxygen atoms in total. The predicted molar refractivity (Wildman–Crippen MR) is 112 cm³/mol. The summed E-state index contributed by atoms with van der Waals surface area (Å²) in [5.41, 5.74) is 0. The van der Waals surface area contributed by atoms with E-state index in [9.17, 15) is 0 Å². The zero-order valence-corrected chi connectivity index (χ0v) is 17.5. The molecule has 0 aliphatic carbocycles. The lowest BCUT2D eigenvalue weighted by molar-refractivity contribution is 0.439. The molecule has 0 radical (unpaired) electrons. The van der Waals surface area contributed by atoms with Gasteiger partial charge in [0, 0.05) is 6.04 Å². The van der Waals surface area contributed by atoms with Crippen molar-refractivity contribution in [3.05, 3.63) is 0 Å². The standard InChI is InChI=1S/C23H49N/c1-4-6-8-9-10-11-12-13-14-15-16-17-18-20-22-23(24-3)21-19-7-5-2/h23-24H,4-22H2,1-3H3. The van der Waals surface area contributed by atoms with Gasteiger partial charge in [0.25, 0.3) is 0 Å². The number of rotatable bonds is 20. The molecule has 0 amide bonds. The first-order valence-electron chi connectivity index (χ1n) is 11.5. The van der Waals surface area contributed by atoms with Crippen molar-refractivity contribution in [2.24, 2.45) is 0 Å². The number of nitrogens with one attached hydrogen (secondary N) is 1. The van der Waals surface area contributed by atoms with Gasteiger partial charge in [0.1, 0.15) is 0 Å². The third kappa shape index (κ3) is 18.3. The van der Waals surface area contributed by atoms with E-state index in [4.69, 9.17) is 0 Å². The minimum absolute atomic E-state index is 0.772. The first-order chi connectivity index (χ1) is 11.8. The summed E-state index contributed by atoms with van der Waals surface area (Å²) in [5, 5.41) is 3.51. The molecule has 0 spiro atoms. The monoisotopic (exact) mass is 339 g/mol. The van der Waals surface area contributed by atoms with Crippen molar-refractivity contribution in [3.63, 3.8) is 0 Å². The third-order valence-electron chi connectivity index (χ3n) is 5.47. The Labute approximate surface area is 154 Å². The lowest BCUT2D eigenvalue weighted by Gasteiger charge is -2.15. The highest BCUT2D eigenvalue weighted by Crippen LogP contribution is 2.15. The molecule has 0 heterocycles. The Bertz CT molecular complexity index is 214. The van der Waals surface area contributed by atoms with E-state index < -0.39 is 0 Å². The summed E-state index contributed by atoms with van der Waals surface area (Å²) in [5.74, 6) is 0. The summed E-state index contributed by atoms with van der Waals surface area (Å²) in [6.45, 7) is 4.59. The van der Waals surface area contributed by atoms with Crippen LogP contribution in [0.4, 0.5) is 0 Å². The van der Waals surface area contributed by atoms with Gasteiger partial charge in [-0.25, -0.2) is 0 Å². The zero-order valence-electron chi connectivity index (χ0n) is 17.5. The van der Waals surface area contributed by atoms with Crippen molar-refractivity contribution < 1.29 is 0 Å². The lowest BCUT2D eigenvalue weighted by Crippen LogP contribution is -2.24. The van der Waals surface area contributed by atoms with Gasteiger partial charge < -0.3 is 5.32 Å². The molecule has 1 atom stereocenters. The van der Waals surface area contributed by atoms with Crippen LogP contribution in [0.5, 0.6) is 0 Å². The first kappa shape index (κ1) is 24.0. The smallest absolute Gasteiger partial charge is 0.00640 e. The highest BCUT2D eigenvalue weighted by molar-refractivity contribution is 4.64. The average molecular weight is 340 g/mol. The molecule has 0 aromatic carbocycles. The average Bonchev–Trinajstić information content (AvgIpc) is 2.60. The summed E-state index contributed by atoms with van der Waals surface area (Å²) in [6, 6.07) is 0.772. The lowest BCUT2D eigenvalue weighted by atomic mass is 10.0. The largest absolute Gasteiger partial charge is 0.317 e. The SMILES string of the molecule is CCCCCCCCCCCCCCCCC(CCCCC)NC. The van der Waals surface area contributed by atoms with Crippen molar-refractivity contribution in [3.8, 4) is 0 Å². The van der Waals surface area contributed by atoms with E-state index in [1.54, 1.807) is 0 Å². The number of hydrogen-bond acceptors (Lipinski definition) is 1. The van der Waals surface area contributed by atoms with Crippen LogP contribution in [0.2, 0.25) is 0 Å². The van der Waals surface area contributed by atoms with Gasteiger partial charge in [-0.2, -0.15) is 0 Å². The molecule has 0 aromatic heterocycles. The number of unbranched alkanes of at least 4 members (excludes halogenated alkanes) is 15. The summed E-state index contributed by atoms with van der Waals surface area (Å²) >= 11 is 0. The summed E-state index contributed by atoms with van der Waals surface area (Å²) in [6.07, 6.45) is 27.3. The second kappa shape index (κ2) is 21.0. The molecular weight excluding hydrogens is 290 g/mol. The van der Waals surface area contributed by atoms with Crippen LogP contribution in [0.1, 0.15) is 136 Å². The van der Waals surface area contributed by atoms with Crippen LogP contribution in [-0.4, -0.2) is 13.1 Å². The minimum atomic E-state index is 0.772. The molecule has 1 unspecified atom stereocenters. The van der Waals surface area contributed by atoms with Crippen LogP contribution in [0.15, 0.2) is 0 Å². The van der Waals surface area contributed by atoms with E-state index in [2.05, 4.69) is 26.2 Å². The summed E-state index contributed by atoms with van der Waals surface area (Å²) in [7, 11) is 2.14. The van der Waals surface area contributed by atoms with E-state index in [-0.39, 0.29) is 0 Å². The molecular formula is C23H49N. The van der Waals surface area contributed by atoms with E-state index in [1.807, 2.05) is 0 Å². The Morgan fingerprint density at radius 2 is 0.750 bits per heavy atom. The van der Waals surface area contributed by atoms with Crippen LogP contribution in [0.3, 0.4) is 0 Å². The van der Waals surface area contributed by atoms with Crippen molar-refractivity contribution in [2.75, 3.05) is 7.05 Å². The van der Waals surface area contributed by atoms with Crippen molar-refractivity contribution in [1.29, 1.82) is 0 Å². The molecule has 0 aliphatic heterocycles. The maximum absolute atomic E-state index is 3.51. The zero-order chi connectivity index (χ0) is 17.7. The second-order valence-corrected chi connectivity index (χ2v) is 7.87. The highest BCUT2D eigenvalue weighted by Gasteiger charge is 2.04. The predicted octanol–water partition coefficient (Wildman–Crippen LogP) is 8.03. The fraction of sp³-hybridized carbons (Fsp3) is 1.00. The van der Waals surface area contributed by atoms with Gasteiger partial charge in [0.05, 0.1) is 0 Å². The Kier molecular flexibility index (Phi) is 21.0. The second-order valence-electron chi connectivity index (χ2n) is 7.87. The van der Waals surface area contributed by atoms with E-state index in [1.165, 1.54) is 122 Å². The topological polar surface area (TPSA) is 12.0 Å². The Hall–Kier alpha value is -0.0400. The Balaban J connectivity index is 3.16. The molecule has 0 aromatic rings. The van der Waals surface area contributed by atoms with Crippen LogP contribution >= 0.6 is 0 Å². The molecule has 0 saturated carbocycles. The minimum Gasteiger partial charge on any atom is -0.317 e. The van der Waals surface area contributed by atoms with E-state index >= 15 is 0 Å². The molecule has 24 heavy (non-hydrogen) atoms. The molecule has 1 N–H and O–H groups in total.